The van der Waals surface area contributed by atoms with Gasteiger partial charge in [0.25, 0.3) is 10.0 Å². The zero-order valence-corrected chi connectivity index (χ0v) is 16.0. The molecule has 2 aromatic heterocycles. The lowest BCUT2D eigenvalue weighted by Crippen LogP contribution is -2.26. The highest BCUT2D eigenvalue weighted by Gasteiger charge is 2.16. The molecule has 1 aromatic carbocycles. The summed E-state index contributed by atoms with van der Waals surface area (Å²) >= 11 is 1.15. The molecule has 2 N–H and O–H groups in total. The van der Waals surface area contributed by atoms with E-state index in [2.05, 4.69) is 20.0 Å². The lowest BCUT2D eigenvalue weighted by Gasteiger charge is -2.05. The van der Waals surface area contributed by atoms with Crippen LogP contribution >= 0.6 is 11.3 Å². The minimum Gasteiger partial charge on any atom is -0.356 e. The molecule has 2 heterocycles. The van der Waals surface area contributed by atoms with Crippen LogP contribution in [0.2, 0.25) is 0 Å². The van der Waals surface area contributed by atoms with E-state index in [4.69, 9.17) is 0 Å². The highest BCUT2D eigenvalue weighted by molar-refractivity contribution is 7.93. The minimum absolute atomic E-state index is 0.106. The summed E-state index contributed by atoms with van der Waals surface area (Å²) in [7, 11) is -3.68. The first-order valence-corrected chi connectivity index (χ1v) is 10.6. The Morgan fingerprint density at radius 1 is 1.22 bits per heavy atom. The standard InChI is InChI=1S/C17H19N5O3S2/c23-16(19-7-4-9-22-10-8-18-13-22)11-14-12-26-17(20-14)21-27(24,25)15-5-2-1-3-6-15/h1-3,5-6,8,10,12-13H,4,7,9,11H2,(H,19,23)(H,20,21). The summed E-state index contributed by atoms with van der Waals surface area (Å²) in [6.45, 7) is 1.33. The highest BCUT2D eigenvalue weighted by Crippen LogP contribution is 2.20. The van der Waals surface area contributed by atoms with Crippen LogP contribution in [0, 0.1) is 0 Å². The Hall–Kier alpha value is -2.72. The van der Waals surface area contributed by atoms with Crippen LogP contribution in [0.15, 0.2) is 59.3 Å². The molecule has 0 saturated heterocycles. The van der Waals surface area contributed by atoms with Crippen molar-refractivity contribution in [3.05, 3.63) is 60.1 Å². The number of carbonyl (C=O) groups excluding carboxylic acids is 1. The van der Waals surface area contributed by atoms with Crippen LogP contribution in [0.5, 0.6) is 0 Å². The maximum absolute atomic E-state index is 12.3. The van der Waals surface area contributed by atoms with Crippen molar-refractivity contribution < 1.29 is 13.2 Å². The van der Waals surface area contributed by atoms with E-state index >= 15 is 0 Å². The van der Waals surface area contributed by atoms with E-state index in [9.17, 15) is 13.2 Å². The average molecular weight is 406 g/mol. The molecule has 0 fully saturated rings. The molecule has 3 aromatic rings. The molecule has 0 aliphatic heterocycles. The van der Waals surface area contributed by atoms with Crippen LogP contribution in [0.4, 0.5) is 5.13 Å². The third-order valence-corrected chi connectivity index (χ3v) is 5.93. The van der Waals surface area contributed by atoms with Crippen molar-refractivity contribution in [3.63, 3.8) is 0 Å². The third-order valence-electron chi connectivity index (χ3n) is 3.64. The molecule has 0 radical (unpaired) electrons. The fourth-order valence-corrected chi connectivity index (χ4v) is 4.33. The number of anilines is 1. The van der Waals surface area contributed by atoms with E-state index in [0.717, 1.165) is 24.3 Å². The number of aromatic nitrogens is 3. The van der Waals surface area contributed by atoms with Crippen molar-refractivity contribution in [2.45, 2.75) is 24.3 Å². The van der Waals surface area contributed by atoms with Gasteiger partial charge in [0.05, 0.1) is 23.3 Å². The van der Waals surface area contributed by atoms with Crippen molar-refractivity contribution >= 4 is 32.4 Å². The summed E-state index contributed by atoms with van der Waals surface area (Å²) in [5.74, 6) is -0.150. The Morgan fingerprint density at radius 3 is 2.78 bits per heavy atom. The quantitative estimate of drug-likeness (QED) is 0.529. The van der Waals surface area contributed by atoms with Gasteiger partial charge in [-0.1, -0.05) is 18.2 Å². The van der Waals surface area contributed by atoms with Gasteiger partial charge in [0, 0.05) is 30.9 Å². The topological polar surface area (TPSA) is 106 Å². The number of nitrogens with one attached hydrogen (secondary N) is 2. The van der Waals surface area contributed by atoms with Crippen molar-refractivity contribution in [3.8, 4) is 0 Å². The summed E-state index contributed by atoms with van der Waals surface area (Å²) in [5, 5.41) is 4.74. The van der Waals surface area contributed by atoms with Gasteiger partial charge in [-0.2, -0.15) is 0 Å². The molecule has 1 amide bonds. The largest absolute Gasteiger partial charge is 0.356 e. The summed E-state index contributed by atoms with van der Waals surface area (Å²) in [4.78, 5) is 20.3. The van der Waals surface area contributed by atoms with Gasteiger partial charge < -0.3 is 9.88 Å². The number of benzene rings is 1. The molecule has 0 bridgehead atoms. The third kappa shape index (κ3) is 5.63. The fourth-order valence-electron chi connectivity index (χ4n) is 2.34. The number of sulfonamides is 1. The zero-order chi connectivity index (χ0) is 19.1. The summed E-state index contributed by atoms with van der Waals surface area (Å²) in [6.07, 6.45) is 6.21. The number of nitrogens with zero attached hydrogens (tertiary/aromatic N) is 3. The molecule has 0 spiro atoms. The smallest absolute Gasteiger partial charge is 0.263 e. The Kier molecular flexibility index (Phi) is 6.20. The van der Waals surface area contributed by atoms with Crippen LogP contribution < -0.4 is 10.0 Å². The molecule has 0 unspecified atom stereocenters. The predicted molar refractivity (Wildman–Crippen MR) is 103 cm³/mol. The molecule has 3 rings (SSSR count). The number of hydrogen-bond acceptors (Lipinski definition) is 6. The van der Waals surface area contributed by atoms with E-state index < -0.39 is 10.0 Å². The number of hydrogen-bond donors (Lipinski definition) is 2. The number of carbonyl (C=O) groups is 1. The van der Waals surface area contributed by atoms with Gasteiger partial charge >= 0.3 is 0 Å². The van der Waals surface area contributed by atoms with Gasteiger partial charge in [-0.3, -0.25) is 9.52 Å². The Bertz CT molecular complexity index is 969. The van der Waals surface area contributed by atoms with Gasteiger partial charge in [0.2, 0.25) is 5.91 Å². The van der Waals surface area contributed by atoms with Crippen molar-refractivity contribution in [1.82, 2.24) is 19.9 Å². The van der Waals surface area contributed by atoms with Crippen LogP contribution in [0.3, 0.4) is 0 Å². The van der Waals surface area contributed by atoms with Crippen molar-refractivity contribution in [1.29, 1.82) is 0 Å². The monoisotopic (exact) mass is 405 g/mol. The molecular weight excluding hydrogens is 386 g/mol. The molecule has 0 saturated carbocycles. The van der Waals surface area contributed by atoms with Gasteiger partial charge in [-0.15, -0.1) is 11.3 Å². The molecule has 27 heavy (non-hydrogen) atoms. The van der Waals surface area contributed by atoms with Crippen molar-refractivity contribution in [2.75, 3.05) is 11.3 Å². The Morgan fingerprint density at radius 2 is 2.04 bits per heavy atom. The average Bonchev–Trinajstić information content (AvgIpc) is 3.31. The van der Waals surface area contributed by atoms with Gasteiger partial charge in [0.1, 0.15) is 0 Å². The lowest BCUT2D eigenvalue weighted by atomic mass is 10.3. The van der Waals surface area contributed by atoms with Gasteiger partial charge in [0.15, 0.2) is 5.13 Å². The maximum atomic E-state index is 12.3. The number of rotatable bonds is 9. The SMILES string of the molecule is O=C(Cc1csc(NS(=O)(=O)c2ccccc2)n1)NCCCn1ccnc1. The van der Waals surface area contributed by atoms with Gasteiger partial charge in [-0.05, 0) is 18.6 Å². The predicted octanol–water partition coefficient (Wildman–Crippen LogP) is 1.89. The van der Waals surface area contributed by atoms with E-state index in [1.165, 1.54) is 12.1 Å². The zero-order valence-electron chi connectivity index (χ0n) is 14.4. The molecule has 0 atom stereocenters. The Balaban J connectivity index is 1.46. The second-order valence-electron chi connectivity index (χ2n) is 5.74. The van der Waals surface area contributed by atoms with Crippen LogP contribution in [0.25, 0.3) is 0 Å². The second kappa shape index (κ2) is 8.78. The van der Waals surface area contributed by atoms with Crippen LogP contribution in [-0.4, -0.2) is 35.4 Å². The molecule has 10 heteroatoms. The first kappa shape index (κ1) is 19.1. The van der Waals surface area contributed by atoms with Crippen molar-refractivity contribution in [2.24, 2.45) is 0 Å². The first-order valence-electron chi connectivity index (χ1n) is 8.28. The van der Waals surface area contributed by atoms with E-state index in [1.807, 2.05) is 10.8 Å². The van der Waals surface area contributed by atoms with Crippen LogP contribution in [0.1, 0.15) is 12.1 Å². The highest BCUT2D eigenvalue weighted by atomic mass is 32.2. The number of imidazole rings is 1. The fraction of sp³-hybridized carbons (Fsp3) is 0.235. The van der Waals surface area contributed by atoms with E-state index in [0.29, 0.717) is 12.2 Å². The first-order chi connectivity index (χ1) is 13.0. The Labute approximate surface area is 161 Å². The maximum Gasteiger partial charge on any atom is 0.263 e. The number of amides is 1. The summed E-state index contributed by atoms with van der Waals surface area (Å²) in [6, 6.07) is 8.06. The van der Waals surface area contributed by atoms with Crippen LogP contribution in [-0.2, 0) is 27.8 Å². The second-order valence-corrected chi connectivity index (χ2v) is 8.28. The summed E-state index contributed by atoms with van der Waals surface area (Å²) < 4.78 is 28.9. The van der Waals surface area contributed by atoms with E-state index in [1.54, 1.807) is 36.1 Å². The molecule has 142 valence electrons. The minimum atomic E-state index is -3.68. The molecule has 8 nitrogen and oxygen atoms in total. The normalized spacial score (nSPS) is 11.3. The number of aryl methyl sites for hydroxylation is 1. The van der Waals surface area contributed by atoms with E-state index in [-0.39, 0.29) is 22.4 Å². The summed E-state index contributed by atoms with van der Waals surface area (Å²) in [5.41, 5.74) is 0.526. The number of thiazole rings is 1. The lowest BCUT2D eigenvalue weighted by molar-refractivity contribution is -0.120. The van der Waals surface area contributed by atoms with Gasteiger partial charge in [-0.25, -0.2) is 18.4 Å². The molecule has 0 aliphatic carbocycles. The molecular formula is C17H19N5O3S2. The molecule has 0 aliphatic rings.